The lowest BCUT2D eigenvalue weighted by Crippen LogP contribution is -2.37. The van der Waals surface area contributed by atoms with Crippen LogP contribution in [-0.4, -0.2) is 55.8 Å². The van der Waals surface area contributed by atoms with Crippen LogP contribution in [0.3, 0.4) is 0 Å². The van der Waals surface area contributed by atoms with Crippen LogP contribution in [-0.2, 0) is 30.3 Å². The second-order valence-electron chi connectivity index (χ2n) is 7.22. The van der Waals surface area contributed by atoms with Crippen molar-refractivity contribution >= 4 is 29.1 Å². The Morgan fingerprint density at radius 2 is 2.00 bits per heavy atom. The Kier molecular flexibility index (Phi) is 6.90. The van der Waals surface area contributed by atoms with Crippen molar-refractivity contribution in [3.8, 4) is 0 Å². The van der Waals surface area contributed by atoms with Gasteiger partial charge in [0.25, 0.3) is 0 Å². The van der Waals surface area contributed by atoms with Gasteiger partial charge in [0.15, 0.2) is 18.0 Å². The van der Waals surface area contributed by atoms with E-state index in [4.69, 9.17) is 19.9 Å². The molecule has 0 aliphatic carbocycles. The molecule has 0 saturated carbocycles. The number of imidazole rings is 1. The number of hydrogen-bond donors (Lipinski definition) is 1. The molecule has 0 radical (unpaired) electrons. The molecule has 0 amide bonds. The molecule has 33 heavy (non-hydrogen) atoms. The molecule has 1 aliphatic heterocycles. The van der Waals surface area contributed by atoms with E-state index in [0.29, 0.717) is 0 Å². The average molecular weight is 479 g/mol. The van der Waals surface area contributed by atoms with Crippen LogP contribution >= 0.6 is 0 Å². The summed E-state index contributed by atoms with van der Waals surface area (Å²) in [7, 11) is 0. The summed E-state index contributed by atoms with van der Waals surface area (Å²) in [6.45, 7) is 2.09. The number of nitrogens with two attached hydrogens (primary N) is 1. The normalized spacial score (nSPS) is 23.1. The number of aryl methyl sites for hydroxylation is 1. The number of rotatable bonds is 7. The number of nitrogen functional groups attached to an aromatic ring is 1. The lowest BCUT2D eigenvalue weighted by Gasteiger charge is -2.19. The Morgan fingerprint density at radius 1 is 1.30 bits per heavy atom. The minimum absolute atomic E-state index is 0.00552. The van der Waals surface area contributed by atoms with Crippen molar-refractivity contribution in [2.45, 2.75) is 70.6 Å². The van der Waals surface area contributed by atoms with Gasteiger partial charge in [-0.2, -0.15) is 18.2 Å². The summed E-state index contributed by atoms with van der Waals surface area (Å²) in [5, 5.41) is 0. The number of hydrogen-bond acceptors (Lipinski definition) is 9. The van der Waals surface area contributed by atoms with E-state index in [1.54, 1.807) is 0 Å². The Morgan fingerprint density at radius 3 is 2.61 bits per heavy atom. The fourth-order valence-electron chi connectivity index (χ4n) is 3.38. The maximum absolute atomic E-state index is 15.0. The van der Waals surface area contributed by atoms with Crippen LogP contribution in [0.1, 0.15) is 39.3 Å². The van der Waals surface area contributed by atoms with Crippen LogP contribution in [0.15, 0.2) is 11.0 Å². The zero-order chi connectivity index (χ0) is 24.5. The van der Waals surface area contributed by atoms with Crippen LogP contribution < -0.4 is 11.4 Å². The van der Waals surface area contributed by atoms with Gasteiger partial charge >= 0.3 is 23.8 Å². The van der Waals surface area contributed by atoms with Gasteiger partial charge in [0.05, 0.1) is 6.20 Å². The molecule has 2 aromatic heterocycles. The fourth-order valence-corrected chi connectivity index (χ4v) is 3.38. The second-order valence-corrected chi connectivity index (χ2v) is 7.22. The van der Waals surface area contributed by atoms with E-state index in [1.807, 2.05) is 0 Å². The highest BCUT2D eigenvalue weighted by atomic mass is 19.4. The zero-order valence-electron chi connectivity index (χ0n) is 17.5. The molecule has 0 spiro atoms. The van der Waals surface area contributed by atoms with Crippen molar-refractivity contribution in [2.24, 2.45) is 0 Å². The van der Waals surface area contributed by atoms with Gasteiger partial charge in [-0.3, -0.25) is 14.2 Å². The SMILES string of the molecule is CCC(=O)O[C@H]1O[C@@H](n2c(=O)n(CCCC(F)(F)F)c3cnc(N)nc32)[C@H](OC(C)=O)[C@H]1F. The first-order valence-electron chi connectivity index (χ1n) is 9.89. The third-order valence-corrected chi connectivity index (χ3v) is 4.79. The largest absolute Gasteiger partial charge is 0.454 e. The minimum Gasteiger partial charge on any atom is -0.454 e. The fraction of sp³-hybridized carbons (Fsp3) is 0.611. The monoisotopic (exact) mass is 479 g/mol. The highest BCUT2D eigenvalue weighted by Gasteiger charge is 2.51. The number of halogens is 4. The topological polar surface area (TPSA) is 141 Å². The van der Waals surface area contributed by atoms with Gasteiger partial charge in [0.2, 0.25) is 18.4 Å². The van der Waals surface area contributed by atoms with Gasteiger partial charge in [0, 0.05) is 26.3 Å². The van der Waals surface area contributed by atoms with E-state index in [0.717, 1.165) is 22.3 Å². The van der Waals surface area contributed by atoms with Crippen molar-refractivity contribution in [1.82, 2.24) is 19.1 Å². The van der Waals surface area contributed by atoms with Crippen molar-refractivity contribution < 1.29 is 41.4 Å². The van der Waals surface area contributed by atoms with E-state index in [1.165, 1.54) is 6.92 Å². The molecule has 4 atom stereocenters. The van der Waals surface area contributed by atoms with Gasteiger partial charge in [-0.15, -0.1) is 0 Å². The first kappa shape index (κ1) is 24.4. The minimum atomic E-state index is -4.43. The molecule has 0 aromatic carbocycles. The zero-order valence-corrected chi connectivity index (χ0v) is 17.5. The first-order valence-corrected chi connectivity index (χ1v) is 9.89. The average Bonchev–Trinajstić information content (AvgIpc) is 3.14. The van der Waals surface area contributed by atoms with Crippen LogP contribution in [0.5, 0.6) is 0 Å². The summed E-state index contributed by atoms with van der Waals surface area (Å²) in [5.74, 6) is -2.00. The van der Waals surface area contributed by atoms with E-state index < -0.39 is 61.4 Å². The first-order chi connectivity index (χ1) is 15.4. The number of esters is 2. The lowest BCUT2D eigenvalue weighted by atomic mass is 10.2. The number of aromatic nitrogens is 4. The second kappa shape index (κ2) is 9.33. The Balaban J connectivity index is 2.07. The Labute approximate surface area is 183 Å². The number of anilines is 1. The van der Waals surface area contributed by atoms with Crippen LogP contribution in [0.2, 0.25) is 0 Å². The maximum atomic E-state index is 15.0. The molecular formula is C18H21F4N5O6. The third-order valence-electron chi connectivity index (χ3n) is 4.79. The Bertz CT molecular complexity index is 1100. The summed E-state index contributed by atoms with van der Waals surface area (Å²) in [5.41, 5.74) is 4.49. The van der Waals surface area contributed by atoms with Crippen molar-refractivity contribution in [3.05, 3.63) is 16.7 Å². The van der Waals surface area contributed by atoms with Gasteiger partial charge in [-0.05, 0) is 6.42 Å². The predicted octanol–water partition coefficient (Wildman–Crippen LogP) is 1.60. The van der Waals surface area contributed by atoms with Crippen molar-refractivity contribution in [1.29, 1.82) is 0 Å². The molecule has 0 unspecified atom stereocenters. The quantitative estimate of drug-likeness (QED) is 0.463. The predicted molar refractivity (Wildman–Crippen MR) is 102 cm³/mol. The molecule has 1 fully saturated rings. The smallest absolute Gasteiger partial charge is 0.389 e. The van der Waals surface area contributed by atoms with E-state index >= 15 is 4.39 Å². The van der Waals surface area contributed by atoms with Gasteiger partial charge in [-0.1, -0.05) is 6.92 Å². The number of ether oxygens (including phenoxy) is 3. The molecule has 1 aliphatic rings. The van der Waals surface area contributed by atoms with Crippen LogP contribution in [0, 0.1) is 0 Å². The van der Waals surface area contributed by atoms with Crippen LogP contribution in [0.25, 0.3) is 11.2 Å². The summed E-state index contributed by atoms with van der Waals surface area (Å²) in [4.78, 5) is 44.0. The molecule has 11 nitrogen and oxygen atoms in total. The third kappa shape index (κ3) is 5.23. The number of alkyl halides is 4. The molecule has 0 bridgehead atoms. The summed E-state index contributed by atoms with van der Waals surface area (Å²) in [6.07, 6.45) is -12.3. The summed E-state index contributed by atoms with van der Waals surface area (Å²) in [6, 6.07) is 0. The standard InChI is InChI=1S/C18H21F4N5O6/c1-3-10(29)32-15-11(19)12(31-8(2)28)14(33-15)27-13-9(7-24-16(23)25-13)26(17(27)30)6-4-5-18(20,21)22/h7,11-12,14-15H,3-6H2,1-2H3,(H2,23,24,25)/t11-,12-,14-,15+/m1/s1. The van der Waals surface area contributed by atoms with E-state index in [2.05, 4.69) is 9.97 Å². The highest BCUT2D eigenvalue weighted by molar-refractivity contribution is 5.72. The number of carbonyl (C=O) groups excluding carboxylic acids is 2. The molecular weight excluding hydrogens is 458 g/mol. The van der Waals surface area contributed by atoms with Crippen molar-refractivity contribution in [2.75, 3.05) is 5.73 Å². The van der Waals surface area contributed by atoms with E-state index in [-0.39, 0.29) is 30.1 Å². The Hall–Kier alpha value is -3.23. The molecule has 3 rings (SSSR count). The van der Waals surface area contributed by atoms with Gasteiger partial charge in [-0.25, -0.2) is 18.7 Å². The lowest BCUT2D eigenvalue weighted by molar-refractivity contribution is -0.188. The van der Waals surface area contributed by atoms with Gasteiger partial charge in [0.1, 0.15) is 5.52 Å². The summed E-state index contributed by atoms with van der Waals surface area (Å²) >= 11 is 0. The molecule has 2 N–H and O–H groups in total. The molecule has 182 valence electrons. The summed E-state index contributed by atoms with van der Waals surface area (Å²) < 4.78 is 69.8. The van der Waals surface area contributed by atoms with Crippen LogP contribution in [0.4, 0.5) is 23.5 Å². The molecule has 3 heterocycles. The number of nitrogens with zero attached hydrogens (tertiary/aromatic N) is 4. The molecule has 15 heteroatoms. The van der Waals surface area contributed by atoms with Crippen molar-refractivity contribution in [3.63, 3.8) is 0 Å². The van der Waals surface area contributed by atoms with Gasteiger partial charge < -0.3 is 19.9 Å². The highest BCUT2D eigenvalue weighted by Crippen LogP contribution is 2.35. The maximum Gasteiger partial charge on any atom is 0.389 e. The van der Waals surface area contributed by atoms with E-state index in [9.17, 15) is 27.6 Å². The number of fused-ring (bicyclic) bond motifs is 1. The molecule has 2 aromatic rings. The molecule has 1 saturated heterocycles. The number of carbonyl (C=O) groups is 2.